The summed E-state index contributed by atoms with van der Waals surface area (Å²) in [5.41, 5.74) is 8.81. The van der Waals surface area contributed by atoms with Gasteiger partial charge in [-0.05, 0) is 49.1 Å². The Kier molecular flexibility index (Phi) is 6.53. The van der Waals surface area contributed by atoms with Gasteiger partial charge >= 0.3 is 0 Å². The summed E-state index contributed by atoms with van der Waals surface area (Å²) < 4.78 is 0. The van der Waals surface area contributed by atoms with E-state index in [2.05, 4.69) is 4.90 Å². The first-order valence-electron chi connectivity index (χ1n) is 12.2. The minimum atomic E-state index is -0.841. The summed E-state index contributed by atoms with van der Waals surface area (Å²) in [6, 6.07) is 9.69. The Bertz CT molecular complexity index is 1200. The first-order chi connectivity index (χ1) is 17.3. The predicted molar refractivity (Wildman–Crippen MR) is 138 cm³/mol. The number of amides is 3. The molecule has 3 aliphatic heterocycles. The summed E-state index contributed by atoms with van der Waals surface area (Å²) in [6.45, 7) is 3.46. The third-order valence-electron chi connectivity index (χ3n) is 7.34. The van der Waals surface area contributed by atoms with E-state index in [-0.39, 0.29) is 31.5 Å². The van der Waals surface area contributed by atoms with Crippen molar-refractivity contribution in [3.8, 4) is 0 Å². The standard InChI is InChI=1S/C26H30ClN5O4/c1-16(34)31-21-11-19(27)20(29-9-3-2-4-10-29)12-22(21)32-23(15-33)26(36)30(14-24(31)32)13-17-5-7-18(8-6-17)25(28)35/h5-8,11-12,23-24,33H,2-4,9-10,13-15H2,1H3,(H2,28,35)/t23-,24+/m0/s1. The van der Waals surface area contributed by atoms with Gasteiger partial charge in [-0.2, -0.15) is 0 Å². The van der Waals surface area contributed by atoms with E-state index in [0.717, 1.165) is 42.9 Å². The fraction of sp³-hybridized carbons (Fsp3) is 0.423. The second-order valence-corrected chi connectivity index (χ2v) is 10.0. The molecular weight excluding hydrogens is 482 g/mol. The number of aliphatic hydroxyl groups is 1. The number of rotatable bonds is 5. The molecule has 190 valence electrons. The van der Waals surface area contributed by atoms with Crippen LogP contribution in [0.3, 0.4) is 0 Å². The van der Waals surface area contributed by atoms with Crippen LogP contribution in [0.4, 0.5) is 17.1 Å². The lowest BCUT2D eigenvalue weighted by molar-refractivity contribution is -0.137. The van der Waals surface area contributed by atoms with Crippen LogP contribution in [-0.2, 0) is 16.1 Å². The summed E-state index contributed by atoms with van der Waals surface area (Å²) in [6.07, 6.45) is 2.90. The van der Waals surface area contributed by atoms with Crippen LogP contribution in [0.5, 0.6) is 0 Å². The van der Waals surface area contributed by atoms with E-state index in [0.29, 0.717) is 16.3 Å². The molecule has 2 aromatic rings. The Labute approximate surface area is 215 Å². The van der Waals surface area contributed by atoms with Crippen molar-refractivity contribution in [3.05, 3.63) is 52.5 Å². The van der Waals surface area contributed by atoms with Gasteiger partial charge in [0.25, 0.3) is 0 Å². The molecule has 36 heavy (non-hydrogen) atoms. The lowest BCUT2D eigenvalue weighted by Gasteiger charge is -2.45. The molecule has 0 radical (unpaired) electrons. The molecular formula is C26H30ClN5O4. The largest absolute Gasteiger partial charge is 0.394 e. The normalized spacial score (nSPS) is 21.5. The maximum atomic E-state index is 13.5. The molecule has 3 amide bonds. The number of benzene rings is 2. The number of halogens is 1. The Morgan fingerprint density at radius 2 is 1.75 bits per heavy atom. The Hall–Kier alpha value is -3.30. The number of piperazine rings is 1. The molecule has 0 bridgehead atoms. The van der Waals surface area contributed by atoms with Crippen molar-refractivity contribution in [2.75, 3.05) is 40.9 Å². The molecule has 3 heterocycles. The van der Waals surface area contributed by atoms with E-state index >= 15 is 0 Å². The zero-order valence-electron chi connectivity index (χ0n) is 20.2. The fourth-order valence-corrected chi connectivity index (χ4v) is 5.88. The highest BCUT2D eigenvalue weighted by Crippen LogP contribution is 2.48. The number of primary amides is 1. The van der Waals surface area contributed by atoms with Crippen LogP contribution in [-0.4, -0.2) is 66.2 Å². The molecule has 3 N–H and O–H groups in total. The van der Waals surface area contributed by atoms with Crippen LogP contribution < -0.4 is 20.4 Å². The first kappa shape index (κ1) is 24.4. The average molecular weight is 512 g/mol. The van der Waals surface area contributed by atoms with Crippen LogP contribution >= 0.6 is 11.6 Å². The molecule has 0 spiro atoms. The molecule has 5 rings (SSSR count). The molecule has 2 saturated heterocycles. The Balaban J connectivity index is 1.49. The van der Waals surface area contributed by atoms with Gasteiger partial charge in [-0.1, -0.05) is 23.7 Å². The summed E-state index contributed by atoms with van der Waals surface area (Å²) in [7, 11) is 0. The van der Waals surface area contributed by atoms with Crippen molar-refractivity contribution in [1.29, 1.82) is 0 Å². The lowest BCUT2D eigenvalue weighted by atomic mass is 10.1. The van der Waals surface area contributed by atoms with Gasteiger partial charge in [-0.25, -0.2) is 0 Å². The van der Waals surface area contributed by atoms with E-state index in [9.17, 15) is 19.5 Å². The van der Waals surface area contributed by atoms with Gasteiger partial charge in [0.1, 0.15) is 12.2 Å². The minimum Gasteiger partial charge on any atom is -0.394 e. The molecule has 3 aliphatic rings. The van der Waals surface area contributed by atoms with Crippen molar-refractivity contribution in [2.24, 2.45) is 5.73 Å². The summed E-state index contributed by atoms with van der Waals surface area (Å²) in [4.78, 5) is 45.2. The number of hydrogen-bond donors (Lipinski definition) is 2. The number of nitrogens with zero attached hydrogens (tertiary/aromatic N) is 4. The van der Waals surface area contributed by atoms with Crippen LogP contribution in [0, 0.1) is 0 Å². The van der Waals surface area contributed by atoms with E-state index in [1.165, 1.54) is 13.3 Å². The van der Waals surface area contributed by atoms with Crippen molar-refractivity contribution in [2.45, 2.75) is 44.9 Å². The van der Waals surface area contributed by atoms with Gasteiger partial charge in [-0.3, -0.25) is 19.3 Å². The van der Waals surface area contributed by atoms with E-state index in [4.69, 9.17) is 17.3 Å². The highest BCUT2D eigenvalue weighted by Gasteiger charge is 2.49. The summed E-state index contributed by atoms with van der Waals surface area (Å²) in [5.74, 6) is -0.907. The Morgan fingerprint density at radius 3 is 2.36 bits per heavy atom. The van der Waals surface area contributed by atoms with Crippen LogP contribution in [0.2, 0.25) is 5.02 Å². The maximum absolute atomic E-state index is 13.5. The summed E-state index contributed by atoms with van der Waals surface area (Å²) >= 11 is 6.72. The molecule has 2 atom stereocenters. The van der Waals surface area contributed by atoms with Crippen molar-refractivity contribution < 1.29 is 19.5 Å². The molecule has 2 fully saturated rings. The number of nitrogens with two attached hydrogens (primary N) is 1. The zero-order valence-corrected chi connectivity index (χ0v) is 20.9. The molecule has 10 heteroatoms. The second-order valence-electron chi connectivity index (χ2n) is 9.60. The van der Waals surface area contributed by atoms with Crippen molar-refractivity contribution in [3.63, 3.8) is 0 Å². The maximum Gasteiger partial charge on any atom is 0.248 e. The van der Waals surface area contributed by atoms with Crippen molar-refractivity contribution >= 4 is 46.4 Å². The molecule has 0 aromatic heterocycles. The number of carbonyl (C=O) groups excluding carboxylic acids is 3. The van der Waals surface area contributed by atoms with Gasteiger partial charge < -0.3 is 25.5 Å². The summed E-state index contributed by atoms with van der Waals surface area (Å²) in [5, 5.41) is 10.9. The molecule has 0 aliphatic carbocycles. The number of piperidine rings is 1. The second kappa shape index (κ2) is 9.63. The quantitative estimate of drug-likeness (QED) is 0.637. The molecule has 0 saturated carbocycles. The van der Waals surface area contributed by atoms with Gasteiger partial charge in [0.15, 0.2) is 0 Å². The number of aliphatic hydroxyl groups excluding tert-OH is 1. The van der Waals surface area contributed by atoms with Gasteiger partial charge in [0.2, 0.25) is 17.7 Å². The van der Waals surface area contributed by atoms with Crippen LogP contribution in [0.25, 0.3) is 0 Å². The molecule has 9 nitrogen and oxygen atoms in total. The van der Waals surface area contributed by atoms with E-state index in [1.807, 2.05) is 17.0 Å². The fourth-order valence-electron chi connectivity index (χ4n) is 5.61. The van der Waals surface area contributed by atoms with Gasteiger partial charge in [0, 0.05) is 32.1 Å². The molecule has 0 unspecified atom stereocenters. The number of fused-ring (bicyclic) bond motifs is 3. The monoisotopic (exact) mass is 511 g/mol. The number of hydrogen-bond acceptors (Lipinski definition) is 6. The van der Waals surface area contributed by atoms with Crippen molar-refractivity contribution in [1.82, 2.24) is 4.90 Å². The third kappa shape index (κ3) is 4.16. The average Bonchev–Trinajstić information content (AvgIpc) is 3.17. The SMILES string of the molecule is CC(=O)N1c2cc(Cl)c(N3CCCCC3)cc2N2[C@@H]1CN(Cc1ccc(C(N)=O)cc1)C(=O)[C@@H]2CO. The predicted octanol–water partition coefficient (Wildman–Crippen LogP) is 2.33. The minimum absolute atomic E-state index is 0.165. The topological polar surface area (TPSA) is 110 Å². The van der Waals surface area contributed by atoms with Crippen LogP contribution in [0.15, 0.2) is 36.4 Å². The van der Waals surface area contributed by atoms with Gasteiger partial charge in [-0.15, -0.1) is 0 Å². The van der Waals surface area contributed by atoms with E-state index < -0.39 is 18.1 Å². The van der Waals surface area contributed by atoms with E-state index in [1.54, 1.807) is 34.1 Å². The third-order valence-corrected chi connectivity index (χ3v) is 7.64. The first-order valence-corrected chi connectivity index (χ1v) is 12.6. The smallest absolute Gasteiger partial charge is 0.248 e. The Morgan fingerprint density at radius 1 is 1.06 bits per heavy atom. The number of carbonyl (C=O) groups is 3. The molecule has 2 aromatic carbocycles. The van der Waals surface area contributed by atoms with Crippen LogP contribution in [0.1, 0.15) is 42.1 Å². The lowest BCUT2D eigenvalue weighted by Crippen LogP contribution is -2.66. The number of anilines is 3. The highest BCUT2D eigenvalue weighted by molar-refractivity contribution is 6.34. The zero-order chi connectivity index (χ0) is 25.6. The highest BCUT2D eigenvalue weighted by atomic mass is 35.5. The van der Waals surface area contributed by atoms with Gasteiger partial charge in [0.05, 0.1) is 35.2 Å².